The number of carboxylic acid groups (broad SMARTS) is 1. The second-order valence-corrected chi connectivity index (χ2v) is 5.66. The molecule has 0 aliphatic carbocycles. The normalized spacial score (nSPS) is 21.0. The fraction of sp³-hybridized carbons (Fsp3) is 0.312. The fourth-order valence-electron chi connectivity index (χ4n) is 2.68. The van der Waals surface area contributed by atoms with Crippen molar-refractivity contribution in [2.75, 3.05) is 6.54 Å². The van der Waals surface area contributed by atoms with Crippen molar-refractivity contribution in [3.8, 4) is 0 Å². The van der Waals surface area contributed by atoms with E-state index in [1.807, 2.05) is 18.2 Å². The van der Waals surface area contributed by atoms with Crippen LogP contribution in [0.5, 0.6) is 0 Å². The summed E-state index contributed by atoms with van der Waals surface area (Å²) in [5.41, 5.74) is -0.644. The molecule has 2 aromatic rings. The van der Waals surface area contributed by atoms with Crippen LogP contribution < -0.4 is 5.32 Å². The number of amides is 3. The Morgan fingerprint density at radius 3 is 2.78 bits per heavy atom. The molecule has 0 spiro atoms. The van der Waals surface area contributed by atoms with E-state index in [0.717, 1.165) is 10.3 Å². The van der Waals surface area contributed by atoms with Gasteiger partial charge < -0.3 is 14.8 Å². The molecule has 1 aliphatic rings. The van der Waals surface area contributed by atoms with Crippen LogP contribution >= 0.6 is 0 Å². The molecule has 1 unspecified atom stereocenters. The molecule has 3 amide bonds. The highest BCUT2D eigenvalue weighted by Gasteiger charge is 2.50. The average Bonchev–Trinajstić information content (AvgIpc) is 3.02. The number of nitrogens with zero attached hydrogens (tertiary/aromatic N) is 1. The fourth-order valence-corrected chi connectivity index (χ4v) is 2.68. The lowest BCUT2D eigenvalue weighted by Crippen LogP contribution is -2.40. The molecule has 7 nitrogen and oxygen atoms in total. The third-order valence-electron chi connectivity index (χ3n) is 3.97. The summed E-state index contributed by atoms with van der Waals surface area (Å²) >= 11 is 0. The van der Waals surface area contributed by atoms with E-state index in [9.17, 15) is 14.4 Å². The van der Waals surface area contributed by atoms with Crippen molar-refractivity contribution in [2.45, 2.75) is 25.3 Å². The summed E-state index contributed by atoms with van der Waals surface area (Å²) in [6, 6.07) is 8.52. The first-order valence-electron chi connectivity index (χ1n) is 7.27. The van der Waals surface area contributed by atoms with Gasteiger partial charge >= 0.3 is 12.0 Å². The van der Waals surface area contributed by atoms with Crippen molar-refractivity contribution in [3.05, 3.63) is 36.1 Å². The van der Waals surface area contributed by atoms with Crippen molar-refractivity contribution < 1.29 is 23.9 Å². The average molecular weight is 316 g/mol. The number of aliphatic carboxylic acids is 1. The number of nitrogens with one attached hydrogen (secondary N) is 1. The summed E-state index contributed by atoms with van der Waals surface area (Å²) in [5.74, 6) is -1.04. The smallest absolute Gasteiger partial charge is 0.325 e. The van der Waals surface area contributed by atoms with Gasteiger partial charge in [-0.1, -0.05) is 18.2 Å². The molecule has 2 N–H and O–H groups in total. The minimum absolute atomic E-state index is 0.0623. The van der Waals surface area contributed by atoms with Crippen LogP contribution in [0.15, 0.2) is 34.7 Å². The molecule has 0 saturated carbocycles. The molecule has 0 bridgehead atoms. The SMILES string of the molecule is CC1(c2cc3ccccc3o2)NC(=O)N(CCCC(=O)O)C1=O. The number of hydrogen-bond acceptors (Lipinski definition) is 4. The number of carboxylic acids is 1. The van der Waals surface area contributed by atoms with Crippen LogP contribution in [0.2, 0.25) is 0 Å². The van der Waals surface area contributed by atoms with Crippen LogP contribution in [0, 0.1) is 0 Å². The van der Waals surface area contributed by atoms with E-state index in [0.29, 0.717) is 11.3 Å². The van der Waals surface area contributed by atoms with Crippen molar-refractivity contribution >= 4 is 28.9 Å². The predicted molar refractivity (Wildman–Crippen MR) is 80.7 cm³/mol. The standard InChI is InChI=1S/C16H16N2O5/c1-16(12-9-10-5-2-3-6-11(10)23-12)14(21)18(15(22)17-16)8-4-7-13(19)20/h2-3,5-6,9H,4,7-8H2,1H3,(H,17,22)(H,19,20). The number of urea groups is 1. The molecule has 7 heteroatoms. The summed E-state index contributed by atoms with van der Waals surface area (Å²) < 4.78 is 5.71. The summed E-state index contributed by atoms with van der Waals surface area (Å²) in [6.45, 7) is 1.65. The van der Waals surface area contributed by atoms with E-state index in [1.54, 1.807) is 19.1 Å². The van der Waals surface area contributed by atoms with Gasteiger partial charge in [0, 0.05) is 18.4 Å². The number of benzene rings is 1. The molecule has 1 fully saturated rings. The van der Waals surface area contributed by atoms with Crippen LogP contribution in [0.25, 0.3) is 11.0 Å². The molecule has 0 radical (unpaired) electrons. The Bertz CT molecular complexity index is 764. The van der Waals surface area contributed by atoms with Crippen LogP contribution in [0.4, 0.5) is 4.79 Å². The topological polar surface area (TPSA) is 99.8 Å². The van der Waals surface area contributed by atoms with Gasteiger partial charge in [-0.2, -0.15) is 0 Å². The van der Waals surface area contributed by atoms with Gasteiger partial charge in [0.15, 0.2) is 5.54 Å². The molecule has 1 aromatic heterocycles. The maximum absolute atomic E-state index is 12.6. The Morgan fingerprint density at radius 2 is 2.09 bits per heavy atom. The van der Waals surface area contributed by atoms with E-state index in [1.165, 1.54) is 0 Å². The molecule has 3 rings (SSSR count). The molecule has 2 heterocycles. The van der Waals surface area contributed by atoms with Gasteiger partial charge in [-0.25, -0.2) is 4.79 Å². The number of fused-ring (bicyclic) bond motifs is 1. The van der Waals surface area contributed by atoms with Crippen molar-refractivity contribution in [1.82, 2.24) is 10.2 Å². The van der Waals surface area contributed by atoms with Crippen LogP contribution in [-0.4, -0.2) is 34.5 Å². The third kappa shape index (κ3) is 2.54. The number of imide groups is 1. The molecule has 1 atom stereocenters. The summed E-state index contributed by atoms with van der Waals surface area (Å²) in [5, 5.41) is 12.1. The Hall–Kier alpha value is -2.83. The Morgan fingerprint density at radius 1 is 1.35 bits per heavy atom. The molecule has 1 saturated heterocycles. The molecule has 120 valence electrons. The van der Waals surface area contributed by atoms with E-state index in [2.05, 4.69) is 5.32 Å². The van der Waals surface area contributed by atoms with Crippen LogP contribution in [0.1, 0.15) is 25.5 Å². The number of rotatable bonds is 5. The van der Waals surface area contributed by atoms with E-state index >= 15 is 0 Å². The monoisotopic (exact) mass is 316 g/mol. The Balaban J connectivity index is 1.85. The zero-order valence-electron chi connectivity index (χ0n) is 12.5. The zero-order valence-corrected chi connectivity index (χ0v) is 12.5. The highest BCUT2D eigenvalue weighted by molar-refractivity contribution is 6.07. The summed E-state index contributed by atoms with van der Waals surface area (Å²) in [6.07, 6.45) is 0.114. The van der Waals surface area contributed by atoms with Gasteiger partial charge in [0.05, 0.1) is 0 Å². The van der Waals surface area contributed by atoms with E-state index < -0.39 is 23.4 Å². The number of para-hydroxylation sites is 1. The summed E-state index contributed by atoms with van der Waals surface area (Å²) in [7, 11) is 0. The van der Waals surface area contributed by atoms with Gasteiger partial charge in [-0.15, -0.1) is 0 Å². The van der Waals surface area contributed by atoms with Gasteiger partial charge in [0.25, 0.3) is 5.91 Å². The number of hydrogen-bond donors (Lipinski definition) is 2. The number of carbonyl (C=O) groups is 3. The van der Waals surface area contributed by atoms with Gasteiger partial charge in [-0.05, 0) is 25.5 Å². The predicted octanol–water partition coefficient (Wildman–Crippen LogP) is 2.06. The molecule has 23 heavy (non-hydrogen) atoms. The van der Waals surface area contributed by atoms with E-state index in [4.69, 9.17) is 9.52 Å². The highest BCUT2D eigenvalue weighted by atomic mass is 16.4. The van der Waals surface area contributed by atoms with E-state index in [-0.39, 0.29) is 19.4 Å². The number of furan rings is 1. The molecular weight excluding hydrogens is 300 g/mol. The van der Waals surface area contributed by atoms with Crippen LogP contribution in [0.3, 0.4) is 0 Å². The molecule has 1 aliphatic heterocycles. The molecular formula is C16H16N2O5. The van der Waals surface area contributed by atoms with Crippen molar-refractivity contribution in [2.24, 2.45) is 0 Å². The van der Waals surface area contributed by atoms with Crippen molar-refractivity contribution in [3.63, 3.8) is 0 Å². The van der Waals surface area contributed by atoms with Gasteiger partial charge in [0.1, 0.15) is 11.3 Å². The summed E-state index contributed by atoms with van der Waals surface area (Å²) in [4.78, 5) is 36.3. The minimum Gasteiger partial charge on any atom is -0.481 e. The molecule has 1 aromatic carbocycles. The second-order valence-electron chi connectivity index (χ2n) is 5.66. The Labute approximate surface area is 131 Å². The van der Waals surface area contributed by atoms with Crippen LogP contribution in [-0.2, 0) is 15.1 Å². The quantitative estimate of drug-likeness (QED) is 0.823. The minimum atomic E-state index is -1.28. The zero-order chi connectivity index (χ0) is 16.6. The lowest BCUT2D eigenvalue weighted by Gasteiger charge is -2.18. The largest absolute Gasteiger partial charge is 0.481 e. The first kappa shape index (κ1) is 15.1. The second kappa shape index (κ2) is 5.42. The van der Waals surface area contributed by atoms with Gasteiger partial charge in [-0.3, -0.25) is 14.5 Å². The highest BCUT2D eigenvalue weighted by Crippen LogP contribution is 2.33. The lowest BCUT2D eigenvalue weighted by atomic mass is 9.99. The first-order chi connectivity index (χ1) is 10.9. The number of carbonyl (C=O) groups excluding carboxylic acids is 2. The lowest BCUT2D eigenvalue weighted by molar-refractivity contribution is -0.138. The van der Waals surface area contributed by atoms with Gasteiger partial charge in [0.2, 0.25) is 0 Å². The first-order valence-corrected chi connectivity index (χ1v) is 7.27. The maximum atomic E-state index is 12.6. The van der Waals surface area contributed by atoms with Crippen molar-refractivity contribution in [1.29, 1.82) is 0 Å². The maximum Gasteiger partial charge on any atom is 0.325 e. The Kier molecular flexibility index (Phi) is 3.55. The third-order valence-corrected chi connectivity index (χ3v) is 3.97.